The Kier molecular flexibility index (Phi) is 5.67. The normalized spacial score (nSPS) is 15.6. The van der Waals surface area contributed by atoms with Gasteiger partial charge in [0.15, 0.2) is 0 Å². The highest BCUT2D eigenvalue weighted by Crippen LogP contribution is 2.42. The zero-order valence-electron chi connectivity index (χ0n) is 18.5. The van der Waals surface area contributed by atoms with Crippen LogP contribution in [0, 0.1) is 0 Å². The number of aliphatic carboxylic acids is 1. The third-order valence-corrected chi connectivity index (χ3v) is 7.25. The van der Waals surface area contributed by atoms with E-state index >= 15 is 0 Å². The lowest BCUT2D eigenvalue weighted by Gasteiger charge is -2.20. The number of likely N-dealkylation sites (tertiary alicyclic amines) is 1. The number of carbonyl (C=O) groups is 2. The number of rotatable bonds is 5. The van der Waals surface area contributed by atoms with Crippen molar-refractivity contribution in [1.82, 2.24) is 9.88 Å². The predicted octanol–water partition coefficient (Wildman–Crippen LogP) is 4.91. The molecule has 34 heavy (non-hydrogen) atoms. The van der Waals surface area contributed by atoms with Crippen LogP contribution in [0.3, 0.4) is 0 Å². The minimum atomic E-state index is -0.992. The first-order chi connectivity index (χ1) is 16.5. The molecule has 1 saturated heterocycles. The van der Waals surface area contributed by atoms with Crippen molar-refractivity contribution >= 4 is 39.1 Å². The number of thiophene rings is 1. The van der Waals surface area contributed by atoms with E-state index in [4.69, 9.17) is 15.5 Å². The number of carbonyl (C=O) groups excluding carboxylic acids is 1. The second-order valence-corrected chi connectivity index (χ2v) is 9.17. The molecule has 1 amide bonds. The summed E-state index contributed by atoms with van der Waals surface area (Å²) < 4.78 is 5.30. The van der Waals surface area contributed by atoms with Gasteiger partial charge in [-0.2, -0.15) is 0 Å². The van der Waals surface area contributed by atoms with Crippen molar-refractivity contribution in [2.45, 2.75) is 18.9 Å². The van der Waals surface area contributed by atoms with Gasteiger partial charge in [0.05, 0.1) is 18.5 Å². The first-order valence-corrected chi connectivity index (χ1v) is 11.8. The first kappa shape index (κ1) is 21.9. The van der Waals surface area contributed by atoms with Crippen molar-refractivity contribution in [1.29, 1.82) is 0 Å². The van der Waals surface area contributed by atoms with Crippen molar-refractivity contribution in [3.8, 4) is 28.1 Å². The summed E-state index contributed by atoms with van der Waals surface area (Å²) in [5.41, 5.74) is 10.4. The Morgan fingerprint density at radius 1 is 1.12 bits per heavy atom. The predicted molar refractivity (Wildman–Crippen MR) is 133 cm³/mol. The number of hydrogen-bond acceptors (Lipinski definition) is 6. The molecule has 0 saturated carbocycles. The topological polar surface area (TPSA) is 106 Å². The highest BCUT2D eigenvalue weighted by molar-refractivity contribution is 7.21. The lowest BCUT2D eigenvalue weighted by Crippen LogP contribution is -2.40. The molecule has 2 aromatic carbocycles. The Balaban J connectivity index is 1.69. The smallest absolute Gasteiger partial charge is 0.326 e. The number of carboxylic acid groups (broad SMARTS) is 1. The number of nitrogens with two attached hydrogens (primary N) is 1. The van der Waals surface area contributed by atoms with Gasteiger partial charge in [-0.3, -0.25) is 4.79 Å². The van der Waals surface area contributed by atoms with Crippen LogP contribution in [-0.4, -0.2) is 46.6 Å². The highest BCUT2D eigenvalue weighted by Gasteiger charge is 2.36. The number of carboxylic acids is 1. The van der Waals surface area contributed by atoms with Gasteiger partial charge >= 0.3 is 5.97 Å². The summed E-state index contributed by atoms with van der Waals surface area (Å²) in [5, 5.41) is 10.2. The summed E-state index contributed by atoms with van der Waals surface area (Å²) in [6.07, 6.45) is 1.10. The minimum absolute atomic E-state index is 0.329. The molecule has 1 aliphatic rings. The Labute approximate surface area is 200 Å². The van der Waals surface area contributed by atoms with Crippen molar-refractivity contribution in [2.24, 2.45) is 0 Å². The molecule has 4 aromatic rings. The number of ether oxygens (including phenoxy) is 1. The molecule has 0 aliphatic carbocycles. The average Bonchev–Trinajstić information content (AvgIpc) is 3.49. The molecule has 3 N–H and O–H groups in total. The molecule has 1 atom stereocenters. The van der Waals surface area contributed by atoms with E-state index in [9.17, 15) is 14.7 Å². The van der Waals surface area contributed by atoms with Gasteiger partial charge in [-0.25, -0.2) is 9.78 Å². The van der Waals surface area contributed by atoms with E-state index in [1.165, 1.54) is 16.2 Å². The molecule has 7 nitrogen and oxygen atoms in total. The summed E-state index contributed by atoms with van der Waals surface area (Å²) in [6, 6.07) is 18.6. The lowest BCUT2D eigenvalue weighted by atomic mass is 9.99. The van der Waals surface area contributed by atoms with Crippen LogP contribution in [0.25, 0.3) is 32.6 Å². The fourth-order valence-electron chi connectivity index (χ4n) is 4.43. The van der Waals surface area contributed by atoms with Gasteiger partial charge in [0.1, 0.15) is 21.5 Å². The Morgan fingerprint density at radius 2 is 1.85 bits per heavy atom. The minimum Gasteiger partial charge on any atom is -0.497 e. The number of amides is 1. The maximum atomic E-state index is 13.4. The van der Waals surface area contributed by atoms with E-state index in [1.807, 2.05) is 60.7 Å². The third kappa shape index (κ3) is 3.76. The summed E-state index contributed by atoms with van der Waals surface area (Å²) in [7, 11) is 1.62. The van der Waals surface area contributed by atoms with Gasteiger partial charge in [-0.05, 0) is 42.2 Å². The molecule has 2 aromatic heterocycles. The summed E-state index contributed by atoms with van der Waals surface area (Å²) in [6.45, 7) is 0.400. The summed E-state index contributed by atoms with van der Waals surface area (Å²) in [4.78, 5) is 32.3. The number of fused-ring (bicyclic) bond motifs is 1. The maximum absolute atomic E-state index is 13.4. The fourth-order valence-corrected chi connectivity index (χ4v) is 5.51. The van der Waals surface area contributed by atoms with Crippen molar-refractivity contribution in [2.75, 3.05) is 19.4 Å². The standard InChI is InChI=1S/C26H23N3O4S/c1-33-17-11-9-15(10-12-17)18-14-19(16-6-3-2-4-7-16)28-24-21(18)22(27)23(34-24)25(30)29-13-5-8-20(29)26(31)32/h2-4,6-7,9-12,14,20H,5,8,13,27H2,1H3,(H,31,32). The van der Waals surface area contributed by atoms with E-state index < -0.39 is 12.0 Å². The number of methoxy groups -OCH3 is 1. The monoisotopic (exact) mass is 473 g/mol. The van der Waals surface area contributed by atoms with Gasteiger partial charge in [-0.15, -0.1) is 11.3 Å². The zero-order chi connectivity index (χ0) is 23.8. The second kappa shape index (κ2) is 8.79. The number of pyridine rings is 1. The van der Waals surface area contributed by atoms with Gasteiger partial charge in [-0.1, -0.05) is 42.5 Å². The van der Waals surface area contributed by atoms with Crippen LogP contribution in [0.15, 0.2) is 60.7 Å². The van der Waals surface area contributed by atoms with E-state index in [1.54, 1.807) is 7.11 Å². The molecule has 1 aliphatic heterocycles. The van der Waals surface area contributed by atoms with Gasteiger partial charge < -0.3 is 20.5 Å². The molecular weight excluding hydrogens is 450 g/mol. The number of aromatic nitrogens is 1. The number of benzene rings is 2. The Morgan fingerprint density at radius 3 is 2.53 bits per heavy atom. The first-order valence-electron chi connectivity index (χ1n) is 10.9. The number of nitrogens with zero attached hydrogens (tertiary/aromatic N) is 2. The van der Waals surface area contributed by atoms with Crippen LogP contribution in [0.4, 0.5) is 5.69 Å². The van der Waals surface area contributed by atoms with E-state index in [-0.39, 0.29) is 5.91 Å². The van der Waals surface area contributed by atoms with E-state index in [0.717, 1.165) is 28.1 Å². The van der Waals surface area contributed by atoms with Gasteiger partial charge in [0, 0.05) is 17.5 Å². The molecule has 0 radical (unpaired) electrons. The molecule has 8 heteroatoms. The van der Waals surface area contributed by atoms with Crippen molar-refractivity contribution < 1.29 is 19.4 Å². The molecule has 1 unspecified atom stereocenters. The molecule has 0 spiro atoms. The fraction of sp³-hybridized carbons (Fsp3) is 0.192. The largest absolute Gasteiger partial charge is 0.497 e. The molecule has 5 rings (SSSR count). The number of hydrogen-bond donors (Lipinski definition) is 2. The van der Waals surface area contributed by atoms with Crippen molar-refractivity contribution in [3.05, 3.63) is 65.5 Å². The Bertz CT molecular complexity index is 1380. The van der Waals surface area contributed by atoms with Gasteiger partial charge in [0.2, 0.25) is 0 Å². The molecule has 1 fully saturated rings. The van der Waals surface area contributed by atoms with Crippen LogP contribution in [0.1, 0.15) is 22.5 Å². The molecule has 0 bridgehead atoms. The van der Waals surface area contributed by atoms with Crippen LogP contribution in [-0.2, 0) is 4.79 Å². The highest BCUT2D eigenvalue weighted by atomic mass is 32.1. The number of nitrogen functional groups attached to an aromatic ring is 1. The molecule has 172 valence electrons. The quantitative estimate of drug-likeness (QED) is 0.427. The number of anilines is 1. The SMILES string of the molecule is COc1ccc(-c2cc(-c3ccccc3)nc3sc(C(=O)N4CCCC4C(=O)O)c(N)c23)cc1. The van der Waals surface area contributed by atoms with Crippen LogP contribution in [0.5, 0.6) is 5.75 Å². The zero-order valence-corrected chi connectivity index (χ0v) is 19.3. The second-order valence-electron chi connectivity index (χ2n) is 8.17. The lowest BCUT2D eigenvalue weighted by molar-refractivity contribution is -0.141. The maximum Gasteiger partial charge on any atom is 0.326 e. The molecule has 3 heterocycles. The van der Waals surface area contributed by atoms with Gasteiger partial charge in [0.25, 0.3) is 5.91 Å². The molecular formula is C26H23N3O4S. The van der Waals surface area contributed by atoms with Crippen LogP contribution >= 0.6 is 11.3 Å². The Hall–Kier alpha value is -3.91. The third-order valence-electron chi connectivity index (χ3n) is 6.16. The van der Waals surface area contributed by atoms with Crippen LogP contribution < -0.4 is 10.5 Å². The van der Waals surface area contributed by atoms with Crippen LogP contribution in [0.2, 0.25) is 0 Å². The summed E-state index contributed by atoms with van der Waals surface area (Å²) in [5.74, 6) is -0.610. The van der Waals surface area contributed by atoms with Crippen molar-refractivity contribution in [3.63, 3.8) is 0 Å². The average molecular weight is 474 g/mol. The van der Waals surface area contributed by atoms with E-state index in [2.05, 4.69) is 0 Å². The summed E-state index contributed by atoms with van der Waals surface area (Å²) >= 11 is 1.21. The van der Waals surface area contributed by atoms with E-state index in [0.29, 0.717) is 40.2 Å².